The molecule has 0 aromatic heterocycles. The Balaban J connectivity index is 1.71. The van der Waals surface area contributed by atoms with Gasteiger partial charge < -0.3 is 5.32 Å². The number of halogens is 2. The highest BCUT2D eigenvalue weighted by Crippen LogP contribution is 2.27. The average molecular weight is 351 g/mol. The highest BCUT2D eigenvalue weighted by atomic mass is 19.2. The van der Waals surface area contributed by atoms with E-state index in [4.69, 9.17) is 0 Å². The van der Waals surface area contributed by atoms with Crippen molar-refractivity contribution in [3.63, 3.8) is 0 Å². The van der Waals surface area contributed by atoms with Gasteiger partial charge in [0.15, 0.2) is 11.6 Å². The Morgan fingerprint density at radius 3 is 1.96 bits per heavy atom. The monoisotopic (exact) mass is 351 g/mol. The first kappa shape index (κ1) is 17.8. The van der Waals surface area contributed by atoms with Crippen molar-refractivity contribution in [2.24, 2.45) is 0 Å². The lowest BCUT2D eigenvalue weighted by Gasteiger charge is -2.18. The van der Waals surface area contributed by atoms with Crippen molar-refractivity contribution >= 4 is 5.91 Å². The molecule has 0 heterocycles. The van der Waals surface area contributed by atoms with Crippen molar-refractivity contribution in [2.75, 3.05) is 6.54 Å². The Kier molecular flexibility index (Phi) is 5.74. The predicted molar refractivity (Wildman–Crippen MR) is 98.0 cm³/mol. The van der Waals surface area contributed by atoms with Crippen LogP contribution in [0.25, 0.3) is 0 Å². The molecule has 0 aliphatic carbocycles. The summed E-state index contributed by atoms with van der Waals surface area (Å²) in [4.78, 5) is 12.2. The van der Waals surface area contributed by atoms with Crippen LogP contribution in [0, 0.1) is 11.6 Å². The SMILES string of the molecule is O=C(NCCC(c1ccccc1)c1ccccc1)c1cccc(F)c1F. The molecule has 0 radical (unpaired) electrons. The van der Waals surface area contributed by atoms with Crippen molar-refractivity contribution in [1.29, 1.82) is 0 Å². The van der Waals surface area contributed by atoms with E-state index in [0.717, 1.165) is 17.2 Å². The third-order valence-corrected chi connectivity index (χ3v) is 4.32. The number of rotatable bonds is 6. The summed E-state index contributed by atoms with van der Waals surface area (Å²) in [6, 6.07) is 23.6. The molecule has 3 aromatic rings. The largest absolute Gasteiger partial charge is 0.352 e. The van der Waals surface area contributed by atoms with Crippen LogP contribution < -0.4 is 5.32 Å². The van der Waals surface area contributed by atoms with Crippen LogP contribution in [0.5, 0.6) is 0 Å². The van der Waals surface area contributed by atoms with Gasteiger partial charge in [0.25, 0.3) is 5.91 Å². The minimum absolute atomic E-state index is 0.107. The van der Waals surface area contributed by atoms with E-state index < -0.39 is 17.5 Å². The minimum Gasteiger partial charge on any atom is -0.352 e. The predicted octanol–water partition coefficient (Wildman–Crippen LogP) is 4.92. The molecule has 0 fully saturated rings. The molecular weight excluding hydrogens is 332 g/mol. The maximum atomic E-state index is 13.7. The lowest BCUT2D eigenvalue weighted by molar-refractivity contribution is 0.0947. The molecule has 1 N–H and O–H groups in total. The molecule has 0 saturated carbocycles. The van der Waals surface area contributed by atoms with Gasteiger partial charge in [-0.15, -0.1) is 0 Å². The number of carbonyl (C=O) groups excluding carboxylic acids is 1. The molecule has 2 nitrogen and oxygen atoms in total. The van der Waals surface area contributed by atoms with Gasteiger partial charge in [0.05, 0.1) is 5.56 Å². The standard InChI is InChI=1S/C22H19F2NO/c23-20-13-7-12-19(21(20)24)22(26)25-15-14-18(16-8-3-1-4-9-16)17-10-5-2-6-11-17/h1-13,18H,14-15H2,(H,25,26). The zero-order valence-electron chi connectivity index (χ0n) is 14.2. The third kappa shape index (κ3) is 4.14. The molecule has 0 atom stereocenters. The second-order valence-corrected chi connectivity index (χ2v) is 6.02. The number of carbonyl (C=O) groups is 1. The van der Waals surface area contributed by atoms with E-state index in [1.54, 1.807) is 0 Å². The number of nitrogens with one attached hydrogen (secondary N) is 1. The highest BCUT2D eigenvalue weighted by Gasteiger charge is 2.17. The molecule has 0 unspecified atom stereocenters. The Hall–Kier alpha value is -3.01. The molecule has 0 bridgehead atoms. The van der Waals surface area contributed by atoms with Gasteiger partial charge in [0.1, 0.15) is 0 Å². The van der Waals surface area contributed by atoms with Gasteiger partial charge in [-0.3, -0.25) is 4.79 Å². The maximum absolute atomic E-state index is 13.7. The average Bonchev–Trinajstić information content (AvgIpc) is 2.68. The van der Waals surface area contributed by atoms with E-state index in [-0.39, 0.29) is 11.5 Å². The normalized spacial score (nSPS) is 10.7. The zero-order valence-corrected chi connectivity index (χ0v) is 14.2. The van der Waals surface area contributed by atoms with Gasteiger partial charge in [-0.25, -0.2) is 8.78 Å². The molecule has 0 aliphatic rings. The summed E-state index contributed by atoms with van der Waals surface area (Å²) < 4.78 is 27.0. The topological polar surface area (TPSA) is 29.1 Å². The summed E-state index contributed by atoms with van der Waals surface area (Å²) in [5.74, 6) is -2.64. The van der Waals surface area contributed by atoms with Crippen molar-refractivity contribution in [1.82, 2.24) is 5.32 Å². The molecule has 0 aliphatic heterocycles. The molecule has 26 heavy (non-hydrogen) atoms. The van der Waals surface area contributed by atoms with Crippen LogP contribution in [0.1, 0.15) is 33.8 Å². The van der Waals surface area contributed by atoms with Gasteiger partial charge in [-0.05, 0) is 29.7 Å². The Morgan fingerprint density at radius 2 is 1.38 bits per heavy atom. The first-order chi connectivity index (χ1) is 12.7. The molecule has 4 heteroatoms. The summed E-state index contributed by atoms with van der Waals surface area (Å²) in [6.07, 6.45) is 0.650. The molecule has 132 valence electrons. The van der Waals surface area contributed by atoms with Crippen LogP contribution in [-0.2, 0) is 0 Å². The first-order valence-electron chi connectivity index (χ1n) is 8.49. The Bertz CT molecular complexity index is 826. The zero-order chi connectivity index (χ0) is 18.4. The van der Waals surface area contributed by atoms with Gasteiger partial charge in [0.2, 0.25) is 0 Å². The second kappa shape index (κ2) is 8.39. The fourth-order valence-electron chi connectivity index (χ4n) is 3.00. The fraction of sp³-hybridized carbons (Fsp3) is 0.136. The van der Waals surface area contributed by atoms with E-state index >= 15 is 0 Å². The molecule has 3 rings (SSSR count). The van der Waals surface area contributed by atoms with Crippen molar-refractivity contribution in [3.05, 3.63) is 107 Å². The number of amides is 1. The van der Waals surface area contributed by atoms with Crippen LogP contribution in [0.3, 0.4) is 0 Å². The summed E-state index contributed by atoms with van der Waals surface area (Å²) in [5.41, 5.74) is 2.01. The third-order valence-electron chi connectivity index (χ3n) is 4.32. The number of hydrogen-bond acceptors (Lipinski definition) is 1. The smallest absolute Gasteiger partial charge is 0.254 e. The second-order valence-electron chi connectivity index (χ2n) is 6.02. The summed E-state index contributed by atoms with van der Waals surface area (Å²) in [6.45, 7) is 0.350. The van der Waals surface area contributed by atoms with E-state index in [1.165, 1.54) is 12.1 Å². The summed E-state index contributed by atoms with van der Waals surface area (Å²) in [5, 5.41) is 2.69. The summed E-state index contributed by atoms with van der Waals surface area (Å²) in [7, 11) is 0. The highest BCUT2D eigenvalue weighted by molar-refractivity contribution is 5.94. The van der Waals surface area contributed by atoms with Crippen molar-refractivity contribution < 1.29 is 13.6 Å². The lowest BCUT2D eigenvalue weighted by Crippen LogP contribution is -2.27. The number of benzene rings is 3. The molecule has 3 aromatic carbocycles. The molecule has 0 saturated heterocycles. The Labute approximate surface area is 151 Å². The minimum atomic E-state index is -1.12. The number of hydrogen-bond donors (Lipinski definition) is 1. The van der Waals surface area contributed by atoms with E-state index in [2.05, 4.69) is 5.32 Å². The van der Waals surface area contributed by atoms with Gasteiger partial charge in [-0.1, -0.05) is 66.7 Å². The lowest BCUT2D eigenvalue weighted by atomic mass is 9.88. The van der Waals surface area contributed by atoms with E-state index in [1.807, 2.05) is 60.7 Å². The summed E-state index contributed by atoms with van der Waals surface area (Å²) >= 11 is 0. The van der Waals surface area contributed by atoms with Gasteiger partial charge in [-0.2, -0.15) is 0 Å². The van der Waals surface area contributed by atoms with Crippen molar-refractivity contribution in [2.45, 2.75) is 12.3 Å². The molecule has 0 spiro atoms. The fourth-order valence-corrected chi connectivity index (χ4v) is 3.00. The maximum Gasteiger partial charge on any atom is 0.254 e. The van der Waals surface area contributed by atoms with Crippen LogP contribution >= 0.6 is 0 Å². The van der Waals surface area contributed by atoms with Crippen LogP contribution in [0.2, 0.25) is 0 Å². The molecule has 1 amide bonds. The first-order valence-corrected chi connectivity index (χ1v) is 8.49. The Morgan fingerprint density at radius 1 is 0.808 bits per heavy atom. The van der Waals surface area contributed by atoms with Crippen LogP contribution in [-0.4, -0.2) is 12.5 Å². The van der Waals surface area contributed by atoms with Crippen molar-refractivity contribution in [3.8, 4) is 0 Å². The quantitative estimate of drug-likeness (QED) is 0.671. The van der Waals surface area contributed by atoms with Crippen LogP contribution in [0.15, 0.2) is 78.9 Å². The van der Waals surface area contributed by atoms with E-state index in [9.17, 15) is 13.6 Å². The molecular formula is C22H19F2NO. The van der Waals surface area contributed by atoms with E-state index in [0.29, 0.717) is 13.0 Å². The van der Waals surface area contributed by atoms with Crippen LogP contribution in [0.4, 0.5) is 8.78 Å². The van der Waals surface area contributed by atoms with Gasteiger partial charge >= 0.3 is 0 Å². The van der Waals surface area contributed by atoms with Gasteiger partial charge in [0, 0.05) is 12.5 Å².